The fourth-order valence-electron chi connectivity index (χ4n) is 1.82. The molecule has 2 aromatic rings. The summed E-state index contributed by atoms with van der Waals surface area (Å²) in [6, 6.07) is 17.1. The van der Waals surface area contributed by atoms with Crippen LogP contribution < -0.4 is 4.72 Å². The molecule has 0 saturated heterocycles. The van der Waals surface area contributed by atoms with Gasteiger partial charge in [-0.15, -0.1) is 11.8 Å². The van der Waals surface area contributed by atoms with E-state index in [4.69, 9.17) is 4.74 Å². The highest BCUT2D eigenvalue weighted by molar-refractivity contribution is 7.98. The quantitative estimate of drug-likeness (QED) is 0.594. The maximum Gasteiger partial charge on any atom is 0.240 e. The molecular formula is C16H19NO3S2. The van der Waals surface area contributed by atoms with Crippen LogP contribution in [-0.4, -0.2) is 28.7 Å². The van der Waals surface area contributed by atoms with Crippen LogP contribution in [0.4, 0.5) is 0 Å². The lowest BCUT2D eigenvalue weighted by molar-refractivity contribution is 0.204. The van der Waals surface area contributed by atoms with Gasteiger partial charge in [-0.25, -0.2) is 13.1 Å². The molecule has 0 atom stereocenters. The van der Waals surface area contributed by atoms with Crippen molar-refractivity contribution in [2.45, 2.75) is 15.5 Å². The first kappa shape index (κ1) is 17.0. The lowest BCUT2D eigenvalue weighted by atomic mass is 10.2. The third kappa shape index (κ3) is 5.14. The largest absolute Gasteiger partial charge is 0.383 e. The number of benzene rings is 2. The molecule has 118 valence electrons. The Morgan fingerprint density at radius 1 is 1.05 bits per heavy atom. The van der Waals surface area contributed by atoms with Crippen LogP contribution in [0.2, 0.25) is 0 Å². The lowest BCUT2D eigenvalue weighted by Crippen LogP contribution is -2.27. The zero-order chi connectivity index (χ0) is 15.8. The zero-order valence-corrected chi connectivity index (χ0v) is 14.0. The summed E-state index contributed by atoms with van der Waals surface area (Å²) in [5.74, 6) is 0.860. The molecule has 4 nitrogen and oxygen atoms in total. The molecule has 0 radical (unpaired) electrons. The Balaban J connectivity index is 1.95. The van der Waals surface area contributed by atoms with E-state index in [1.165, 1.54) is 12.7 Å². The highest BCUT2D eigenvalue weighted by atomic mass is 32.2. The van der Waals surface area contributed by atoms with Gasteiger partial charge in [0.05, 0.1) is 11.5 Å². The minimum atomic E-state index is -3.46. The Kier molecular flexibility index (Phi) is 6.45. The van der Waals surface area contributed by atoms with Crippen LogP contribution in [0.25, 0.3) is 0 Å². The molecule has 0 amide bonds. The minimum Gasteiger partial charge on any atom is -0.383 e. The smallest absolute Gasteiger partial charge is 0.240 e. The third-order valence-electron chi connectivity index (χ3n) is 2.98. The van der Waals surface area contributed by atoms with Crippen molar-refractivity contribution in [2.24, 2.45) is 0 Å². The lowest BCUT2D eigenvalue weighted by Gasteiger charge is -2.07. The molecule has 0 saturated carbocycles. The maximum atomic E-state index is 12.0. The second-order valence-corrected chi connectivity index (χ2v) is 7.45. The first-order valence-electron chi connectivity index (χ1n) is 6.87. The second-order valence-electron chi connectivity index (χ2n) is 4.64. The van der Waals surface area contributed by atoms with Crippen molar-refractivity contribution in [3.05, 3.63) is 60.2 Å². The molecule has 0 aromatic heterocycles. The van der Waals surface area contributed by atoms with Gasteiger partial charge in [0, 0.05) is 24.3 Å². The van der Waals surface area contributed by atoms with Crippen molar-refractivity contribution in [1.82, 2.24) is 4.72 Å². The molecule has 0 unspecified atom stereocenters. The molecular weight excluding hydrogens is 318 g/mol. The monoisotopic (exact) mass is 337 g/mol. The predicted molar refractivity (Wildman–Crippen MR) is 89.5 cm³/mol. The highest BCUT2D eigenvalue weighted by Crippen LogP contribution is 2.23. The Morgan fingerprint density at radius 2 is 1.73 bits per heavy atom. The summed E-state index contributed by atoms with van der Waals surface area (Å²) < 4.78 is 31.4. The van der Waals surface area contributed by atoms with E-state index in [0.29, 0.717) is 6.61 Å². The van der Waals surface area contributed by atoms with Crippen molar-refractivity contribution in [2.75, 3.05) is 20.3 Å². The average molecular weight is 337 g/mol. The Hall–Kier alpha value is -1.34. The standard InChI is InChI=1S/C16H19NO3S2/c1-20-12-11-17-22(18,19)16-9-7-15(8-10-16)21-13-14-5-3-2-4-6-14/h2-10,17H,11-13H2,1H3. The number of sulfonamides is 1. The molecule has 2 aromatic carbocycles. The number of hydrogen-bond donors (Lipinski definition) is 1. The van der Waals surface area contributed by atoms with Crippen LogP contribution in [0.5, 0.6) is 0 Å². The van der Waals surface area contributed by atoms with Crippen LogP contribution >= 0.6 is 11.8 Å². The molecule has 6 heteroatoms. The summed E-state index contributed by atoms with van der Waals surface area (Å²) in [5, 5.41) is 0. The highest BCUT2D eigenvalue weighted by Gasteiger charge is 2.12. The number of rotatable bonds is 8. The van der Waals surface area contributed by atoms with Crippen molar-refractivity contribution >= 4 is 21.8 Å². The van der Waals surface area contributed by atoms with Gasteiger partial charge < -0.3 is 4.74 Å². The van der Waals surface area contributed by atoms with Gasteiger partial charge in [0.25, 0.3) is 0 Å². The number of hydrogen-bond acceptors (Lipinski definition) is 4. The molecule has 0 fully saturated rings. The molecule has 22 heavy (non-hydrogen) atoms. The summed E-state index contributed by atoms with van der Waals surface area (Å²) in [7, 11) is -1.92. The third-order valence-corrected chi connectivity index (χ3v) is 5.54. The van der Waals surface area contributed by atoms with E-state index in [9.17, 15) is 8.42 Å². The van der Waals surface area contributed by atoms with E-state index < -0.39 is 10.0 Å². The number of ether oxygens (including phenoxy) is 1. The van der Waals surface area contributed by atoms with Crippen LogP contribution in [-0.2, 0) is 20.5 Å². The summed E-state index contributed by atoms with van der Waals surface area (Å²) in [6.45, 7) is 0.619. The van der Waals surface area contributed by atoms with Crippen LogP contribution in [0.3, 0.4) is 0 Å². The van der Waals surface area contributed by atoms with Crippen LogP contribution in [0.1, 0.15) is 5.56 Å². The Morgan fingerprint density at radius 3 is 2.36 bits per heavy atom. The van der Waals surface area contributed by atoms with Crippen molar-refractivity contribution < 1.29 is 13.2 Å². The van der Waals surface area contributed by atoms with Gasteiger partial charge in [-0.1, -0.05) is 30.3 Å². The van der Waals surface area contributed by atoms with E-state index in [1.54, 1.807) is 23.9 Å². The van der Waals surface area contributed by atoms with E-state index in [-0.39, 0.29) is 11.4 Å². The number of thioether (sulfide) groups is 1. The van der Waals surface area contributed by atoms with Crippen molar-refractivity contribution in [3.8, 4) is 0 Å². The zero-order valence-electron chi connectivity index (χ0n) is 12.4. The molecule has 0 aliphatic carbocycles. The van der Waals surface area contributed by atoms with Gasteiger partial charge in [0.15, 0.2) is 0 Å². The van der Waals surface area contributed by atoms with Crippen LogP contribution in [0, 0.1) is 0 Å². The minimum absolute atomic E-state index is 0.267. The fourth-order valence-corrected chi connectivity index (χ4v) is 3.68. The van der Waals surface area contributed by atoms with Gasteiger partial charge >= 0.3 is 0 Å². The molecule has 1 N–H and O–H groups in total. The van der Waals surface area contributed by atoms with Gasteiger partial charge in [-0.05, 0) is 29.8 Å². The van der Waals surface area contributed by atoms with E-state index >= 15 is 0 Å². The van der Waals surface area contributed by atoms with Crippen molar-refractivity contribution in [3.63, 3.8) is 0 Å². The molecule has 0 heterocycles. The normalized spacial score (nSPS) is 11.5. The number of methoxy groups -OCH3 is 1. The Bertz CT molecular complexity index is 670. The van der Waals surface area contributed by atoms with E-state index in [1.807, 2.05) is 30.3 Å². The van der Waals surface area contributed by atoms with E-state index in [2.05, 4.69) is 16.9 Å². The predicted octanol–water partition coefficient (Wildman–Crippen LogP) is 2.90. The van der Waals surface area contributed by atoms with E-state index in [0.717, 1.165) is 10.6 Å². The second kappa shape index (κ2) is 8.33. The first-order valence-corrected chi connectivity index (χ1v) is 9.34. The maximum absolute atomic E-state index is 12.0. The summed E-state index contributed by atoms with van der Waals surface area (Å²) in [5.41, 5.74) is 1.24. The molecule has 2 rings (SSSR count). The van der Waals surface area contributed by atoms with Gasteiger partial charge in [0.2, 0.25) is 10.0 Å². The number of nitrogens with one attached hydrogen (secondary N) is 1. The van der Waals surface area contributed by atoms with Crippen molar-refractivity contribution in [1.29, 1.82) is 0 Å². The van der Waals surface area contributed by atoms with Gasteiger partial charge in [-0.2, -0.15) is 0 Å². The average Bonchev–Trinajstić information content (AvgIpc) is 2.54. The van der Waals surface area contributed by atoms with Crippen LogP contribution in [0.15, 0.2) is 64.4 Å². The fraction of sp³-hybridized carbons (Fsp3) is 0.250. The Labute approximate surface area is 135 Å². The molecule has 0 spiro atoms. The van der Waals surface area contributed by atoms with Gasteiger partial charge in [-0.3, -0.25) is 0 Å². The summed E-state index contributed by atoms with van der Waals surface area (Å²) in [6.07, 6.45) is 0. The first-order chi connectivity index (χ1) is 10.6. The van der Waals surface area contributed by atoms with Gasteiger partial charge in [0.1, 0.15) is 0 Å². The summed E-state index contributed by atoms with van der Waals surface area (Å²) in [4.78, 5) is 1.31. The molecule has 0 bridgehead atoms. The molecule has 0 aliphatic rings. The topological polar surface area (TPSA) is 55.4 Å². The molecule has 0 aliphatic heterocycles. The summed E-state index contributed by atoms with van der Waals surface area (Å²) >= 11 is 1.68. The SMILES string of the molecule is COCCNS(=O)(=O)c1ccc(SCc2ccccc2)cc1.